The first-order valence-corrected chi connectivity index (χ1v) is 6.14. The smallest absolute Gasteiger partial charge is 0.266 e. The zero-order valence-corrected chi connectivity index (χ0v) is 10.8. The highest BCUT2D eigenvalue weighted by molar-refractivity contribution is 6.34. The van der Waals surface area contributed by atoms with Gasteiger partial charge in [-0.15, -0.1) is 0 Å². The number of carbonyl (C=O) groups excluding carboxylic acids is 2. The number of anilines is 1. The SMILES string of the molecule is Cc1ccc(N2C(=O)c3ccccc3C2=O)c(C)c1. The Labute approximate surface area is 111 Å². The van der Waals surface area contributed by atoms with Crippen LogP contribution >= 0.6 is 0 Å². The van der Waals surface area contributed by atoms with Crippen LogP contribution in [0.2, 0.25) is 0 Å². The maximum atomic E-state index is 12.3. The number of hydrogen-bond donors (Lipinski definition) is 0. The third-order valence-corrected chi connectivity index (χ3v) is 3.39. The van der Waals surface area contributed by atoms with Gasteiger partial charge in [0.25, 0.3) is 11.8 Å². The van der Waals surface area contributed by atoms with Crippen LogP contribution in [-0.4, -0.2) is 11.8 Å². The number of rotatable bonds is 1. The maximum Gasteiger partial charge on any atom is 0.266 e. The topological polar surface area (TPSA) is 37.4 Å². The molecule has 3 heteroatoms. The Morgan fingerprint density at radius 1 is 0.842 bits per heavy atom. The molecule has 0 bridgehead atoms. The van der Waals surface area contributed by atoms with Gasteiger partial charge in [0.15, 0.2) is 0 Å². The number of fused-ring (bicyclic) bond motifs is 1. The van der Waals surface area contributed by atoms with Crippen molar-refractivity contribution in [3.8, 4) is 0 Å². The highest BCUT2D eigenvalue weighted by Gasteiger charge is 2.36. The van der Waals surface area contributed by atoms with Crippen molar-refractivity contribution >= 4 is 17.5 Å². The van der Waals surface area contributed by atoms with Gasteiger partial charge in [0.2, 0.25) is 0 Å². The molecule has 1 aliphatic rings. The van der Waals surface area contributed by atoms with Gasteiger partial charge >= 0.3 is 0 Å². The molecule has 3 rings (SSSR count). The molecule has 1 heterocycles. The minimum absolute atomic E-state index is 0.243. The zero-order valence-electron chi connectivity index (χ0n) is 10.8. The van der Waals surface area contributed by atoms with Crippen LogP contribution in [0.3, 0.4) is 0 Å². The first-order valence-electron chi connectivity index (χ1n) is 6.14. The number of amides is 2. The van der Waals surface area contributed by atoms with E-state index in [0.717, 1.165) is 11.1 Å². The van der Waals surface area contributed by atoms with Gasteiger partial charge in [0.05, 0.1) is 16.8 Å². The van der Waals surface area contributed by atoms with Crippen molar-refractivity contribution in [3.05, 3.63) is 64.7 Å². The predicted molar refractivity (Wildman–Crippen MR) is 73.5 cm³/mol. The second kappa shape index (κ2) is 4.05. The molecule has 2 aromatic carbocycles. The summed E-state index contributed by atoms with van der Waals surface area (Å²) in [6.45, 7) is 3.89. The lowest BCUT2D eigenvalue weighted by Crippen LogP contribution is -2.30. The van der Waals surface area contributed by atoms with Crippen molar-refractivity contribution in [1.82, 2.24) is 0 Å². The third kappa shape index (κ3) is 1.66. The summed E-state index contributed by atoms with van der Waals surface area (Å²) < 4.78 is 0. The van der Waals surface area contributed by atoms with Crippen molar-refractivity contribution in [3.63, 3.8) is 0 Å². The molecule has 0 aliphatic carbocycles. The molecule has 0 spiro atoms. The van der Waals surface area contributed by atoms with Crippen LogP contribution in [0.25, 0.3) is 0 Å². The molecule has 3 nitrogen and oxygen atoms in total. The van der Waals surface area contributed by atoms with Crippen molar-refractivity contribution in [2.24, 2.45) is 0 Å². The van der Waals surface area contributed by atoms with Gasteiger partial charge in [-0.2, -0.15) is 0 Å². The largest absolute Gasteiger partial charge is 0.268 e. The van der Waals surface area contributed by atoms with E-state index in [2.05, 4.69) is 0 Å². The Bertz CT molecular complexity index is 669. The summed E-state index contributed by atoms with van der Waals surface area (Å²) in [7, 11) is 0. The van der Waals surface area contributed by atoms with E-state index in [4.69, 9.17) is 0 Å². The summed E-state index contributed by atoms with van der Waals surface area (Å²) >= 11 is 0. The summed E-state index contributed by atoms with van der Waals surface area (Å²) in [6.07, 6.45) is 0. The first kappa shape index (κ1) is 11.7. The van der Waals surface area contributed by atoms with Crippen molar-refractivity contribution in [2.75, 3.05) is 4.90 Å². The molecular weight excluding hydrogens is 238 g/mol. The molecular formula is C16H13NO2. The van der Waals surface area contributed by atoms with Crippen molar-refractivity contribution in [2.45, 2.75) is 13.8 Å². The van der Waals surface area contributed by atoms with Crippen molar-refractivity contribution < 1.29 is 9.59 Å². The molecule has 1 aliphatic heterocycles. The average molecular weight is 251 g/mol. The molecule has 0 atom stereocenters. The Hall–Kier alpha value is -2.42. The lowest BCUT2D eigenvalue weighted by molar-refractivity contribution is 0.0926. The minimum atomic E-state index is -0.243. The Balaban J connectivity index is 2.14. The lowest BCUT2D eigenvalue weighted by Gasteiger charge is -2.16. The number of carbonyl (C=O) groups is 2. The molecule has 0 unspecified atom stereocenters. The van der Waals surface area contributed by atoms with Crippen LogP contribution in [-0.2, 0) is 0 Å². The van der Waals surface area contributed by atoms with E-state index in [1.165, 1.54) is 4.90 Å². The van der Waals surface area contributed by atoms with Crippen molar-refractivity contribution in [1.29, 1.82) is 0 Å². The van der Waals surface area contributed by atoms with E-state index in [-0.39, 0.29) is 11.8 Å². The molecule has 2 amide bonds. The summed E-state index contributed by atoms with van der Waals surface area (Å²) in [4.78, 5) is 26.0. The van der Waals surface area contributed by atoms with Gasteiger partial charge in [-0.1, -0.05) is 29.8 Å². The maximum absolute atomic E-state index is 12.3. The Morgan fingerprint density at radius 3 is 1.95 bits per heavy atom. The first-order chi connectivity index (χ1) is 9.09. The fourth-order valence-corrected chi connectivity index (χ4v) is 2.46. The summed E-state index contributed by atoms with van der Waals surface area (Å²) in [6, 6.07) is 12.6. The van der Waals surface area contributed by atoms with Gasteiger partial charge in [0, 0.05) is 0 Å². The van der Waals surface area contributed by atoms with Gasteiger partial charge in [-0.3, -0.25) is 9.59 Å². The summed E-state index contributed by atoms with van der Waals surface area (Å²) in [5.41, 5.74) is 3.66. The van der Waals surface area contributed by atoms with Crippen LogP contribution in [0.4, 0.5) is 5.69 Å². The molecule has 0 aromatic heterocycles. The number of imide groups is 1. The monoisotopic (exact) mass is 251 g/mol. The molecule has 0 N–H and O–H groups in total. The number of aryl methyl sites for hydroxylation is 2. The van der Waals surface area contributed by atoms with Gasteiger partial charge in [-0.05, 0) is 37.6 Å². The van der Waals surface area contributed by atoms with E-state index in [1.54, 1.807) is 24.3 Å². The van der Waals surface area contributed by atoms with Gasteiger partial charge < -0.3 is 0 Å². The highest BCUT2D eigenvalue weighted by Crippen LogP contribution is 2.30. The summed E-state index contributed by atoms with van der Waals surface area (Å²) in [5.74, 6) is -0.486. The Morgan fingerprint density at radius 2 is 1.42 bits per heavy atom. The number of nitrogens with zero attached hydrogens (tertiary/aromatic N) is 1. The lowest BCUT2D eigenvalue weighted by atomic mass is 10.1. The van der Waals surface area contributed by atoms with Gasteiger partial charge in [-0.25, -0.2) is 4.90 Å². The normalized spacial score (nSPS) is 13.9. The fourth-order valence-electron chi connectivity index (χ4n) is 2.46. The number of hydrogen-bond acceptors (Lipinski definition) is 2. The van der Waals surface area contributed by atoms with Crippen LogP contribution in [0, 0.1) is 13.8 Å². The molecule has 2 aromatic rings. The third-order valence-electron chi connectivity index (χ3n) is 3.39. The second-order valence-electron chi connectivity index (χ2n) is 4.78. The molecule has 19 heavy (non-hydrogen) atoms. The molecule has 0 fully saturated rings. The zero-order chi connectivity index (χ0) is 13.6. The van der Waals surface area contributed by atoms with Gasteiger partial charge in [0.1, 0.15) is 0 Å². The predicted octanol–water partition coefficient (Wildman–Crippen LogP) is 3.10. The van der Waals surface area contributed by atoms with Crippen LogP contribution in [0.15, 0.2) is 42.5 Å². The quantitative estimate of drug-likeness (QED) is 0.730. The highest BCUT2D eigenvalue weighted by atomic mass is 16.2. The molecule has 0 saturated heterocycles. The van der Waals surface area contributed by atoms with E-state index < -0.39 is 0 Å². The van der Waals surface area contributed by atoms with Crippen LogP contribution in [0.1, 0.15) is 31.8 Å². The second-order valence-corrected chi connectivity index (χ2v) is 4.78. The minimum Gasteiger partial charge on any atom is -0.268 e. The molecule has 0 saturated carbocycles. The molecule has 0 radical (unpaired) electrons. The standard InChI is InChI=1S/C16H13NO2/c1-10-7-8-14(11(2)9-10)17-15(18)12-5-3-4-6-13(12)16(17)19/h3-9H,1-2H3. The van der Waals surface area contributed by atoms with E-state index in [0.29, 0.717) is 16.8 Å². The van der Waals surface area contributed by atoms with E-state index in [9.17, 15) is 9.59 Å². The molecule has 94 valence electrons. The van der Waals surface area contributed by atoms with E-state index in [1.807, 2.05) is 32.0 Å². The van der Waals surface area contributed by atoms with Crippen LogP contribution < -0.4 is 4.90 Å². The summed E-state index contributed by atoms with van der Waals surface area (Å²) in [5, 5.41) is 0. The van der Waals surface area contributed by atoms with Crippen LogP contribution in [0.5, 0.6) is 0 Å². The fraction of sp³-hybridized carbons (Fsp3) is 0.125. The number of benzene rings is 2. The Kier molecular flexibility index (Phi) is 2.49. The van der Waals surface area contributed by atoms with E-state index >= 15 is 0 Å². The average Bonchev–Trinajstić information content (AvgIpc) is 2.64.